The van der Waals surface area contributed by atoms with Crippen molar-refractivity contribution in [1.29, 1.82) is 0 Å². The highest BCUT2D eigenvalue weighted by atomic mass is 32.2. The zero-order chi connectivity index (χ0) is 6.81. The van der Waals surface area contributed by atoms with Crippen LogP contribution in [0.3, 0.4) is 0 Å². The number of aromatic nitrogens is 2. The third kappa shape index (κ3) is 0.945. The molecule has 1 aliphatic heterocycles. The number of hydrogen-bond acceptors (Lipinski definition) is 4. The predicted molar refractivity (Wildman–Crippen MR) is 41.2 cm³/mol. The number of hydrogen-bond donors (Lipinski definition) is 1. The molecule has 0 radical (unpaired) electrons. The van der Waals surface area contributed by atoms with Gasteiger partial charge in [-0.25, -0.2) is 9.97 Å². The molecule has 1 N–H and O–H groups in total. The van der Waals surface area contributed by atoms with E-state index >= 15 is 0 Å². The smallest absolute Gasteiger partial charge is 0.158 e. The maximum Gasteiger partial charge on any atom is 0.158 e. The standard InChI is InChI=1S/C6H7N3S/c1-2-9-6-5(7-1)8-3-4-10-6/h1-2H,3-4H2,(H,7,8). The summed E-state index contributed by atoms with van der Waals surface area (Å²) in [5, 5.41) is 4.19. The van der Waals surface area contributed by atoms with Gasteiger partial charge in [0.05, 0.1) is 0 Å². The van der Waals surface area contributed by atoms with Gasteiger partial charge in [-0.1, -0.05) is 0 Å². The number of anilines is 1. The van der Waals surface area contributed by atoms with E-state index in [9.17, 15) is 0 Å². The lowest BCUT2D eigenvalue weighted by Gasteiger charge is -2.13. The maximum atomic E-state index is 4.16. The van der Waals surface area contributed by atoms with Crippen molar-refractivity contribution in [2.45, 2.75) is 5.03 Å². The molecule has 1 aromatic rings. The van der Waals surface area contributed by atoms with E-state index in [1.54, 1.807) is 24.2 Å². The van der Waals surface area contributed by atoms with Crippen molar-refractivity contribution in [3.63, 3.8) is 0 Å². The average molecular weight is 153 g/mol. The number of rotatable bonds is 0. The molecule has 0 fully saturated rings. The topological polar surface area (TPSA) is 37.8 Å². The Labute approximate surface area is 63.3 Å². The Morgan fingerprint density at radius 3 is 3.20 bits per heavy atom. The van der Waals surface area contributed by atoms with E-state index in [1.165, 1.54) is 0 Å². The zero-order valence-corrected chi connectivity index (χ0v) is 6.19. The van der Waals surface area contributed by atoms with Crippen LogP contribution in [0.2, 0.25) is 0 Å². The molecule has 52 valence electrons. The van der Waals surface area contributed by atoms with Gasteiger partial charge in [0.2, 0.25) is 0 Å². The van der Waals surface area contributed by atoms with E-state index in [-0.39, 0.29) is 0 Å². The largest absolute Gasteiger partial charge is 0.367 e. The van der Waals surface area contributed by atoms with Crippen LogP contribution < -0.4 is 5.32 Å². The van der Waals surface area contributed by atoms with Gasteiger partial charge in [0.15, 0.2) is 5.82 Å². The van der Waals surface area contributed by atoms with E-state index < -0.39 is 0 Å². The van der Waals surface area contributed by atoms with Gasteiger partial charge in [0, 0.05) is 24.7 Å². The molecule has 10 heavy (non-hydrogen) atoms. The molecule has 0 aliphatic carbocycles. The molecule has 3 nitrogen and oxygen atoms in total. The fraction of sp³-hybridized carbons (Fsp3) is 0.333. The summed E-state index contributed by atoms with van der Waals surface area (Å²) < 4.78 is 0. The van der Waals surface area contributed by atoms with Gasteiger partial charge in [-0.15, -0.1) is 11.8 Å². The lowest BCUT2D eigenvalue weighted by atomic mass is 10.6. The molecule has 0 amide bonds. The Morgan fingerprint density at radius 1 is 1.40 bits per heavy atom. The predicted octanol–water partition coefficient (Wildman–Crippen LogP) is 0.994. The second kappa shape index (κ2) is 2.46. The van der Waals surface area contributed by atoms with Crippen molar-refractivity contribution in [2.75, 3.05) is 17.6 Å². The van der Waals surface area contributed by atoms with Crippen LogP contribution in [0.4, 0.5) is 5.82 Å². The van der Waals surface area contributed by atoms with Crippen LogP contribution in [0.15, 0.2) is 17.4 Å². The molecule has 0 spiro atoms. The molecule has 0 bridgehead atoms. The molecule has 0 atom stereocenters. The Hall–Kier alpha value is -0.770. The molecule has 1 aromatic heterocycles. The first-order valence-corrected chi connectivity index (χ1v) is 4.13. The fourth-order valence-corrected chi connectivity index (χ4v) is 1.66. The fourth-order valence-electron chi connectivity index (χ4n) is 0.869. The van der Waals surface area contributed by atoms with Crippen LogP contribution in [0.25, 0.3) is 0 Å². The zero-order valence-electron chi connectivity index (χ0n) is 5.37. The molecule has 0 saturated carbocycles. The summed E-state index contributed by atoms with van der Waals surface area (Å²) in [6.45, 7) is 0.996. The summed E-state index contributed by atoms with van der Waals surface area (Å²) in [4.78, 5) is 8.28. The highest BCUT2D eigenvalue weighted by molar-refractivity contribution is 7.99. The van der Waals surface area contributed by atoms with Crippen LogP contribution in [0.1, 0.15) is 0 Å². The van der Waals surface area contributed by atoms with Crippen LogP contribution in [-0.4, -0.2) is 22.3 Å². The minimum Gasteiger partial charge on any atom is -0.367 e. The van der Waals surface area contributed by atoms with Gasteiger partial charge < -0.3 is 5.32 Å². The van der Waals surface area contributed by atoms with Gasteiger partial charge in [0.25, 0.3) is 0 Å². The van der Waals surface area contributed by atoms with Crippen LogP contribution >= 0.6 is 11.8 Å². The van der Waals surface area contributed by atoms with Gasteiger partial charge in [-0.3, -0.25) is 0 Å². The summed E-state index contributed by atoms with van der Waals surface area (Å²) in [7, 11) is 0. The number of nitrogens with zero attached hydrogens (tertiary/aromatic N) is 2. The third-order valence-electron chi connectivity index (χ3n) is 1.30. The highest BCUT2D eigenvalue weighted by Gasteiger charge is 2.08. The second-order valence-corrected chi connectivity index (χ2v) is 3.07. The monoisotopic (exact) mass is 153 g/mol. The summed E-state index contributed by atoms with van der Waals surface area (Å²) in [6.07, 6.45) is 3.43. The summed E-state index contributed by atoms with van der Waals surface area (Å²) in [5.41, 5.74) is 0. The second-order valence-electron chi connectivity index (χ2n) is 1.99. The molecule has 1 aliphatic rings. The van der Waals surface area contributed by atoms with Crippen molar-refractivity contribution < 1.29 is 0 Å². The Morgan fingerprint density at radius 2 is 2.30 bits per heavy atom. The van der Waals surface area contributed by atoms with E-state index in [2.05, 4.69) is 15.3 Å². The van der Waals surface area contributed by atoms with Crippen molar-refractivity contribution in [1.82, 2.24) is 9.97 Å². The summed E-state index contributed by atoms with van der Waals surface area (Å²) >= 11 is 1.75. The average Bonchev–Trinajstić information content (AvgIpc) is 2.05. The van der Waals surface area contributed by atoms with Crippen LogP contribution in [0, 0.1) is 0 Å². The summed E-state index contributed by atoms with van der Waals surface area (Å²) in [6, 6.07) is 0. The Kier molecular flexibility index (Phi) is 1.47. The molecule has 2 rings (SSSR count). The van der Waals surface area contributed by atoms with Crippen molar-refractivity contribution in [3.05, 3.63) is 12.4 Å². The summed E-state index contributed by atoms with van der Waals surface area (Å²) in [5.74, 6) is 2.02. The molecule has 2 heterocycles. The first-order chi connectivity index (χ1) is 4.97. The Balaban J connectivity index is 2.41. The number of nitrogens with one attached hydrogen (secondary N) is 1. The minimum atomic E-state index is 0.929. The molecule has 0 saturated heterocycles. The lowest BCUT2D eigenvalue weighted by Crippen LogP contribution is -2.12. The number of thioether (sulfide) groups is 1. The van der Waals surface area contributed by atoms with Gasteiger partial charge in [-0.2, -0.15) is 0 Å². The minimum absolute atomic E-state index is 0.929. The molecule has 4 heteroatoms. The van der Waals surface area contributed by atoms with E-state index in [0.717, 1.165) is 23.1 Å². The molecular weight excluding hydrogens is 146 g/mol. The quantitative estimate of drug-likeness (QED) is 0.603. The normalized spacial score (nSPS) is 15.6. The van der Waals surface area contributed by atoms with Gasteiger partial charge in [0.1, 0.15) is 5.03 Å². The van der Waals surface area contributed by atoms with Gasteiger partial charge >= 0.3 is 0 Å². The van der Waals surface area contributed by atoms with Crippen molar-refractivity contribution in [2.24, 2.45) is 0 Å². The maximum absolute atomic E-state index is 4.16. The van der Waals surface area contributed by atoms with Crippen LogP contribution in [0.5, 0.6) is 0 Å². The SMILES string of the molecule is c1cnc2c(n1)NCCS2. The highest BCUT2D eigenvalue weighted by Crippen LogP contribution is 2.25. The Bertz CT molecular complexity index is 213. The van der Waals surface area contributed by atoms with E-state index in [4.69, 9.17) is 0 Å². The molecule has 0 aromatic carbocycles. The number of fused-ring (bicyclic) bond motifs is 1. The third-order valence-corrected chi connectivity index (χ3v) is 2.28. The van der Waals surface area contributed by atoms with Crippen LogP contribution in [-0.2, 0) is 0 Å². The van der Waals surface area contributed by atoms with Crippen molar-refractivity contribution >= 4 is 17.6 Å². The van der Waals surface area contributed by atoms with Gasteiger partial charge in [-0.05, 0) is 0 Å². The van der Waals surface area contributed by atoms with E-state index in [0.29, 0.717) is 0 Å². The van der Waals surface area contributed by atoms with Crippen molar-refractivity contribution in [3.8, 4) is 0 Å². The first-order valence-electron chi connectivity index (χ1n) is 3.14. The lowest BCUT2D eigenvalue weighted by molar-refractivity contribution is 1.01. The molecule has 0 unspecified atom stereocenters. The first kappa shape index (κ1) is 5.97. The van der Waals surface area contributed by atoms with E-state index in [1.807, 2.05) is 0 Å². The molecular formula is C6H7N3S.